The van der Waals surface area contributed by atoms with E-state index >= 15 is 0 Å². The molecule has 0 aliphatic heterocycles. The third-order valence-electron chi connectivity index (χ3n) is 3.08. The van der Waals surface area contributed by atoms with Gasteiger partial charge < -0.3 is 14.6 Å². The van der Waals surface area contributed by atoms with Gasteiger partial charge in [-0.25, -0.2) is 4.39 Å². The first-order chi connectivity index (χ1) is 9.11. The van der Waals surface area contributed by atoms with Crippen molar-refractivity contribution in [3.63, 3.8) is 0 Å². The number of carbonyl (C=O) groups excluding carboxylic acids is 1. The highest BCUT2D eigenvalue weighted by Gasteiger charge is 2.13. The molecule has 1 amide bonds. The molecular weight excluding hydrogens is 283 g/mol. The maximum absolute atomic E-state index is 13.0. The van der Waals surface area contributed by atoms with Crippen molar-refractivity contribution in [1.29, 1.82) is 0 Å². The summed E-state index contributed by atoms with van der Waals surface area (Å²) < 4.78 is 18.3. The smallest absolute Gasteiger partial charge is 0.226 e. The van der Waals surface area contributed by atoms with E-state index < -0.39 is 0 Å². The van der Waals surface area contributed by atoms with Crippen LogP contribution in [0.5, 0.6) is 0 Å². The first kappa shape index (κ1) is 16.5. The van der Waals surface area contributed by atoms with Gasteiger partial charge in [0, 0.05) is 37.2 Å². The summed E-state index contributed by atoms with van der Waals surface area (Å²) in [6, 6.07) is 4.34. The zero-order valence-corrected chi connectivity index (χ0v) is 12.3. The van der Waals surface area contributed by atoms with Gasteiger partial charge in [0.1, 0.15) is 11.4 Å². The average Bonchev–Trinajstić information content (AvgIpc) is 2.78. The van der Waals surface area contributed by atoms with Crippen LogP contribution in [0.15, 0.2) is 28.9 Å². The number of hydrogen-bond acceptors (Lipinski definition) is 3. The molecule has 0 spiro atoms. The van der Waals surface area contributed by atoms with Crippen LogP contribution in [-0.4, -0.2) is 38.0 Å². The number of amides is 1. The number of carbonyl (C=O) groups is 1. The van der Waals surface area contributed by atoms with Crippen LogP contribution in [0.1, 0.15) is 5.56 Å². The minimum Gasteiger partial charge on any atom is -0.464 e. The number of rotatable bonds is 5. The van der Waals surface area contributed by atoms with Gasteiger partial charge in [0.15, 0.2) is 0 Å². The Bertz CT molecular complexity index is 586. The second-order valence-electron chi connectivity index (χ2n) is 4.50. The third-order valence-corrected chi connectivity index (χ3v) is 3.08. The lowest BCUT2D eigenvalue weighted by Crippen LogP contribution is -2.33. The summed E-state index contributed by atoms with van der Waals surface area (Å²) in [6.45, 7) is 1.40. The first-order valence-corrected chi connectivity index (χ1v) is 6.16. The van der Waals surface area contributed by atoms with E-state index in [0.29, 0.717) is 12.1 Å². The van der Waals surface area contributed by atoms with Crippen LogP contribution >= 0.6 is 12.4 Å². The van der Waals surface area contributed by atoms with Crippen molar-refractivity contribution in [3.05, 3.63) is 35.8 Å². The van der Waals surface area contributed by atoms with Crippen LogP contribution in [0.25, 0.3) is 11.0 Å². The van der Waals surface area contributed by atoms with Crippen molar-refractivity contribution in [1.82, 2.24) is 10.2 Å². The highest BCUT2D eigenvalue weighted by molar-refractivity contribution is 5.87. The molecule has 0 bridgehead atoms. The third kappa shape index (κ3) is 3.71. The van der Waals surface area contributed by atoms with Gasteiger partial charge in [-0.2, -0.15) is 0 Å². The minimum atomic E-state index is -0.342. The summed E-state index contributed by atoms with van der Waals surface area (Å²) in [5.74, 6) is -0.326. The van der Waals surface area contributed by atoms with Crippen LogP contribution in [0.4, 0.5) is 4.39 Å². The Morgan fingerprint density at radius 1 is 1.45 bits per heavy atom. The lowest BCUT2D eigenvalue weighted by Gasteiger charge is -2.16. The largest absolute Gasteiger partial charge is 0.464 e. The van der Waals surface area contributed by atoms with E-state index in [1.165, 1.54) is 18.4 Å². The number of nitrogens with zero attached hydrogens (tertiary/aromatic N) is 1. The van der Waals surface area contributed by atoms with Crippen molar-refractivity contribution in [2.75, 3.05) is 27.2 Å². The molecule has 110 valence electrons. The number of fused-ring (bicyclic) bond motifs is 1. The Kier molecular flexibility index (Phi) is 5.98. The van der Waals surface area contributed by atoms with E-state index in [9.17, 15) is 9.18 Å². The molecule has 0 saturated carbocycles. The van der Waals surface area contributed by atoms with E-state index in [2.05, 4.69) is 5.32 Å². The van der Waals surface area contributed by atoms with Gasteiger partial charge in [-0.3, -0.25) is 4.79 Å². The Hall–Kier alpha value is -1.59. The van der Waals surface area contributed by atoms with Gasteiger partial charge in [-0.1, -0.05) is 0 Å². The lowest BCUT2D eigenvalue weighted by atomic mass is 10.1. The van der Waals surface area contributed by atoms with E-state index in [4.69, 9.17) is 4.42 Å². The quantitative estimate of drug-likeness (QED) is 0.921. The van der Waals surface area contributed by atoms with Crippen LogP contribution in [0.3, 0.4) is 0 Å². The summed E-state index contributed by atoms with van der Waals surface area (Å²) in [7, 11) is 3.61. The first-order valence-electron chi connectivity index (χ1n) is 6.16. The van der Waals surface area contributed by atoms with Crippen LogP contribution in [0.2, 0.25) is 0 Å². The number of nitrogens with one attached hydrogen (secondary N) is 1. The van der Waals surface area contributed by atoms with Crippen molar-refractivity contribution in [2.24, 2.45) is 0 Å². The Labute approximate surface area is 123 Å². The van der Waals surface area contributed by atoms with Gasteiger partial charge in [-0.15, -0.1) is 12.4 Å². The molecule has 1 N–H and O–H groups in total. The molecule has 1 aromatic heterocycles. The highest BCUT2D eigenvalue weighted by atomic mass is 35.5. The Morgan fingerprint density at radius 3 is 2.90 bits per heavy atom. The highest BCUT2D eigenvalue weighted by Crippen LogP contribution is 2.22. The van der Waals surface area contributed by atoms with E-state index in [0.717, 1.165) is 17.5 Å². The second kappa shape index (κ2) is 7.26. The van der Waals surface area contributed by atoms with Crippen LogP contribution < -0.4 is 5.32 Å². The molecule has 0 unspecified atom stereocenters. The number of hydrogen-bond donors (Lipinski definition) is 1. The van der Waals surface area contributed by atoms with Crippen molar-refractivity contribution < 1.29 is 13.6 Å². The molecule has 20 heavy (non-hydrogen) atoms. The molecule has 1 aromatic carbocycles. The number of benzene rings is 1. The second-order valence-corrected chi connectivity index (χ2v) is 4.50. The molecule has 0 aliphatic carbocycles. The predicted molar refractivity (Wildman–Crippen MR) is 78.7 cm³/mol. The van der Waals surface area contributed by atoms with Crippen molar-refractivity contribution >= 4 is 29.3 Å². The maximum Gasteiger partial charge on any atom is 0.226 e. The van der Waals surface area contributed by atoms with E-state index in [-0.39, 0.29) is 30.6 Å². The monoisotopic (exact) mass is 300 g/mol. The molecular formula is C14H18ClFN2O2. The summed E-state index contributed by atoms with van der Waals surface area (Å²) in [5.41, 5.74) is 1.26. The number of halogens is 2. The summed E-state index contributed by atoms with van der Waals surface area (Å²) in [5, 5.41) is 3.78. The van der Waals surface area contributed by atoms with E-state index in [1.807, 2.05) is 7.05 Å². The summed E-state index contributed by atoms with van der Waals surface area (Å²) in [6.07, 6.45) is 1.78. The van der Waals surface area contributed by atoms with E-state index in [1.54, 1.807) is 18.0 Å². The normalized spacial score (nSPS) is 10.3. The van der Waals surface area contributed by atoms with Gasteiger partial charge in [0.05, 0.1) is 12.7 Å². The number of likely N-dealkylation sites (N-methyl/N-ethyl adjacent to an activating group) is 2. The Balaban J connectivity index is 0.00000200. The van der Waals surface area contributed by atoms with Gasteiger partial charge in [0.2, 0.25) is 5.91 Å². The van der Waals surface area contributed by atoms with Gasteiger partial charge in [0.25, 0.3) is 0 Å². The Morgan fingerprint density at radius 2 is 2.20 bits per heavy atom. The fraction of sp³-hybridized carbons (Fsp3) is 0.357. The predicted octanol–water partition coefficient (Wildman–Crippen LogP) is 2.21. The fourth-order valence-electron chi connectivity index (χ4n) is 1.90. The molecule has 0 saturated heterocycles. The summed E-state index contributed by atoms with van der Waals surface area (Å²) >= 11 is 0. The zero-order valence-electron chi connectivity index (χ0n) is 11.5. The van der Waals surface area contributed by atoms with Crippen molar-refractivity contribution in [2.45, 2.75) is 6.42 Å². The van der Waals surface area contributed by atoms with Gasteiger partial charge in [-0.05, 0) is 19.2 Å². The minimum absolute atomic E-state index is 0. The average molecular weight is 301 g/mol. The molecule has 0 atom stereocenters. The maximum atomic E-state index is 13.0. The number of furan rings is 1. The summed E-state index contributed by atoms with van der Waals surface area (Å²) in [4.78, 5) is 13.7. The zero-order chi connectivity index (χ0) is 13.8. The molecule has 2 rings (SSSR count). The molecule has 4 nitrogen and oxygen atoms in total. The molecule has 0 fully saturated rings. The molecule has 0 aliphatic rings. The standard InChI is InChI=1S/C14H17FN2O2.ClH/c1-16-5-6-17(2)14(18)7-10-9-19-13-8-11(15)3-4-12(10)13;/h3-4,8-9,16H,5-7H2,1-2H3;1H. The SMILES string of the molecule is CNCCN(C)C(=O)Cc1coc2cc(F)ccc12.Cl. The van der Waals surface area contributed by atoms with Crippen LogP contribution in [-0.2, 0) is 11.2 Å². The molecule has 0 radical (unpaired) electrons. The topological polar surface area (TPSA) is 45.5 Å². The molecule has 1 heterocycles. The van der Waals surface area contributed by atoms with Crippen LogP contribution in [0, 0.1) is 5.82 Å². The van der Waals surface area contributed by atoms with Crippen molar-refractivity contribution in [3.8, 4) is 0 Å². The molecule has 2 aromatic rings. The lowest BCUT2D eigenvalue weighted by molar-refractivity contribution is -0.129. The van der Waals surface area contributed by atoms with Gasteiger partial charge >= 0.3 is 0 Å². The fourth-order valence-corrected chi connectivity index (χ4v) is 1.90. The molecule has 6 heteroatoms.